The Morgan fingerprint density at radius 1 is 0.895 bits per heavy atom. The van der Waals surface area contributed by atoms with Crippen LogP contribution in [-0.4, -0.2) is 17.8 Å². The van der Waals surface area contributed by atoms with Gasteiger partial charge in [0.05, 0.1) is 12.8 Å². The number of rotatable bonds is 6. The van der Waals surface area contributed by atoms with Gasteiger partial charge >= 0.3 is 6.03 Å². The highest BCUT2D eigenvalue weighted by Gasteiger charge is 2.36. The molecule has 5 rings (SSSR count). The topological polar surface area (TPSA) is 75.7 Å². The van der Waals surface area contributed by atoms with E-state index in [0.717, 1.165) is 46.1 Å². The van der Waals surface area contributed by atoms with E-state index in [2.05, 4.69) is 74.8 Å². The van der Waals surface area contributed by atoms with Gasteiger partial charge in [0.25, 0.3) is 11.8 Å². The molecular formula is C30H22I2N2O4. The van der Waals surface area contributed by atoms with Crippen LogP contribution in [0.1, 0.15) is 23.6 Å². The molecule has 0 saturated carbocycles. The maximum atomic E-state index is 13.3. The number of aryl methyl sites for hydroxylation is 1. The molecule has 190 valence electrons. The molecule has 1 fully saturated rings. The normalized spacial score (nSPS) is 14.8. The van der Waals surface area contributed by atoms with Crippen LogP contribution in [0.2, 0.25) is 0 Å². The Morgan fingerprint density at radius 3 is 2.29 bits per heavy atom. The number of ether oxygens (including phenoxy) is 1. The number of nitrogens with one attached hydrogen (secondary N) is 1. The average Bonchev–Trinajstić information content (AvgIpc) is 2.91. The van der Waals surface area contributed by atoms with Crippen LogP contribution in [0, 0.1) is 7.14 Å². The fourth-order valence-corrected chi connectivity index (χ4v) is 6.44. The zero-order valence-electron chi connectivity index (χ0n) is 20.3. The summed E-state index contributed by atoms with van der Waals surface area (Å²) in [4.78, 5) is 39.4. The number of hydrogen-bond donors (Lipinski definition) is 1. The molecule has 1 heterocycles. The lowest BCUT2D eigenvalue weighted by Crippen LogP contribution is -2.54. The van der Waals surface area contributed by atoms with Crippen LogP contribution in [0.4, 0.5) is 10.5 Å². The molecule has 0 unspecified atom stereocenters. The highest BCUT2D eigenvalue weighted by Crippen LogP contribution is 2.32. The highest BCUT2D eigenvalue weighted by molar-refractivity contribution is 14.1. The van der Waals surface area contributed by atoms with Crippen molar-refractivity contribution in [1.29, 1.82) is 0 Å². The molecule has 4 aromatic carbocycles. The van der Waals surface area contributed by atoms with Gasteiger partial charge in [0, 0.05) is 0 Å². The smallest absolute Gasteiger partial charge is 0.335 e. The zero-order chi connectivity index (χ0) is 26.8. The lowest BCUT2D eigenvalue weighted by Gasteiger charge is -2.26. The van der Waals surface area contributed by atoms with Crippen LogP contribution in [0.3, 0.4) is 0 Å². The summed E-state index contributed by atoms with van der Waals surface area (Å²) < 4.78 is 7.90. The fraction of sp³-hybridized carbons (Fsp3) is 0.100. The summed E-state index contributed by atoms with van der Waals surface area (Å²) in [5, 5.41) is 4.58. The van der Waals surface area contributed by atoms with Gasteiger partial charge in [-0.25, -0.2) is 9.69 Å². The summed E-state index contributed by atoms with van der Waals surface area (Å²) in [5.41, 5.74) is 3.12. The molecule has 4 amide bonds. The van der Waals surface area contributed by atoms with Gasteiger partial charge < -0.3 is 4.74 Å². The lowest BCUT2D eigenvalue weighted by atomic mass is 10.1. The van der Waals surface area contributed by atoms with Crippen molar-refractivity contribution in [3.05, 3.63) is 108 Å². The van der Waals surface area contributed by atoms with Gasteiger partial charge in [-0.1, -0.05) is 61.5 Å². The van der Waals surface area contributed by atoms with Crippen LogP contribution in [0.15, 0.2) is 84.4 Å². The molecular weight excluding hydrogens is 706 g/mol. The number of urea groups is 1. The van der Waals surface area contributed by atoms with Crippen molar-refractivity contribution in [3.8, 4) is 5.75 Å². The quantitative estimate of drug-likeness (QED) is 0.134. The van der Waals surface area contributed by atoms with Gasteiger partial charge in [0.15, 0.2) is 0 Å². The molecule has 1 aliphatic heterocycles. The average molecular weight is 728 g/mol. The molecule has 4 aromatic rings. The molecule has 1 saturated heterocycles. The number of amides is 4. The van der Waals surface area contributed by atoms with E-state index in [0.29, 0.717) is 17.9 Å². The number of anilines is 1. The predicted octanol–water partition coefficient (Wildman–Crippen LogP) is 6.86. The molecule has 6 nitrogen and oxygen atoms in total. The number of benzene rings is 4. The van der Waals surface area contributed by atoms with Crippen molar-refractivity contribution in [2.24, 2.45) is 0 Å². The third-order valence-corrected chi connectivity index (χ3v) is 7.89. The van der Waals surface area contributed by atoms with E-state index in [1.165, 1.54) is 6.08 Å². The van der Waals surface area contributed by atoms with Gasteiger partial charge in [0.1, 0.15) is 17.9 Å². The Balaban J connectivity index is 1.41. The minimum absolute atomic E-state index is 0.111. The third kappa shape index (κ3) is 5.32. The molecule has 0 aromatic heterocycles. The first-order valence-corrected chi connectivity index (χ1v) is 14.1. The van der Waals surface area contributed by atoms with Gasteiger partial charge in [-0.2, -0.15) is 0 Å². The molecule has 0 spiro atoms. The number of fused-ring (bicyclic) bond motifs is 1. The fourth-order valence-electron chi connectivity index (χ4n) is 4.31. The van der Waals surface area contributed by atoms with Gasteiger partial charge in [-0.15, -0.1) is 0 Å². The number of imide groups is 2. The summed E-state index contributed by atoms with van der Waals surface area (Å²) in [7, 11) is 0. The van der Waals surface area contributed by atoms with Gasteiger partial charge in [-0.05, 0) is 109 Å². The summed E-state index contributed by atoms with van der Waals surface area (Å²) in [6.45, 7) is 2.43. The van der Waals surface area contributed by atoms with Gasteiger partial charge in [-0.3, -0.25) is 14.9 Å². The highest BCUT2D eigenvalue weighted by atomic mass is 127. The minimum Gasteiger partial charge on any atom is -0.487 e. The number of carbonyl (C=O) groups is 3. The standard InChI is InChI=1S/C30H22I2N2O4/c1-2-18-10-12-22(13-11-18)34-29(36)24(28(35)33-30(34)37)14-19-15-25(31)27(26(32)16-19)38-17-21-8-5-7-20-6-3-4-9-23(20)21/h3-16H,2,17H2,1H3,(H,33,35,37)/b24-14-. The van der Waals surface area contributed by atoms with Gasteiger partial charge in [0.2, 0.25) is 0 Å². The van der Waals surface area contributed by atoms with E-state index in [9.17, 15) is 14.4 Å². The van der Waals surface area contributed by atoms with Crippen LogP contribution in [0.25, 0.3) is 16.8 Å². The van der Waals surface area contributed by atoms with E-state index in [-0.39, 0.29) is 5.57 Å². The second-order valence-corrected chi connectivity index (χ2v) is 11.0. The van der Waals surface area contributed by atoms with E-state index in [1.807, 2.05) is 49.4 Å². The van der Waals surface area contributed by atoms with Crippen molar-refractivity contribution >= 4 is 85.6 Å². The molecule has 1 aliphatic rings. The van der Waals surface area contributed by atoms with Crippen molar-refractivity contribution in [3.63, 3.8) is 0 Å². The number of carbonyl (C=O) groups excluding carboxylic acids is 3. The molecule has 0 radical (unpaired) electrons. The zero-order valence-corrected chi connectivity index (χ0v) is 24.6. The van der Waals surface area contributed by atoms with Crippen LogP contribution >= 0.6 is 45.2 Å². The first-order chi connectivity index (χ1) is 18.4. The molecule has 0 atom stereocenters. The molecule has 8 heteroatoms. The summed E-state index contributed by atoms with van der Waals surface area (Å²) in [6.07, 6.45) is 2.35. The number of halogens is 2. The Bertz CT molecular complexity index is 1580. The van der Waals surface area contributed by atoms with Crippen molar-refractivity contribution in [1.82, 2.24) is 5.32 Å². The molecule has 0 aliphatic carbocycles. The molecule has 1 N–H and O–H groups in total. The number of barbiturate groups is 1. The molecule has 38 heavy (non-hydrogen) atoms. The third-order valence-electron chi connectivity index (χ3n) is 6.29. The summed E-state index contributed by atoms with van der Waals surface area (Å²) >= 11 is 4.38. The second kappa shape index (κ2) is 11.2. The predicted molar refractivity (Wildman–Crippen MR) is 165 cm³/mol. The number of nitrogens with zero attached hydrogens (tertiary/aromatic N) is 1. The maximum absolute atomic E-state index is 13.3. The van der Waals surface area contributed by atoms with Crippen LogP contribution in [0.5, 0.6) is 5.75 Å². The van der Waals surface area contributed by atoms with Crippen LogP contribution < -0.4 is 15.0 Å². The summed E-state index contributed by atoms with van der Waals surface area (Å²) in [5.74, 6) is -0.652. The SMILES string of the molecule is CCc1ccc(N2C(=O)NC(=O)/C(=C/c3cc(I)c(OCc4cccc5ccccc45)c(I)c3)C2=O)cc1. The Labute approximate surface area is 247 Å². The first-order valence-electron chi connectivity index (χ1n) is 11.9. The van der Waals surface area contributed by atoms with Crippen LogP contribution in [-0.2, 0) is 22.6 Å². The van der Waals surface area contributed by atoms with Crippen molar-refractivity contribution in [2.45, 2.75) is 20.0 Å². The maximum Gasteiger partial charge on any atom is 0.335 e. The van der Waals surface area contributed by atoms with E-state index in [4.69, 9.17) is 4.74 Å². The van der Waals surface area contributed by atoms with Crippen molar-refractivity contribution < 1.29 is 19.1 Å². The largest absolute Gasteiger partial charge is 0.487 e. The number of hydrogen-bond acceptors (Lipinski definition) is 4. The molecule has 0 bridgehead atoms. The Morgan fingerprint density at radius 2 is 1.58 bits per heavy atom. The van der Waals surface area contributed by atoms with E-state index < -0.39 is 17.8 Å². The first kappa shape index (κ1) is 26.4. The lowest BCUT2D eigenvalue weighted by molar-refractivity contribution is -0.122. The Hall–Kier alpha value is -3.25. The monoisotopic (exact) mass is 728 g/mol. The van der Waals surface area contributed by atoms with E-state index in [1.54, 1.807) is 12.1 Å². The summed E-state index contributed by atoms with van der Waals surface area (Å²) in [6, 6.07) is 24.4. The Kier molecular flexibility index (Phi) is 7.80. The van der Waals surface area contributed by atoms with Crippen molar-refractivity contribution in [2.75, 3.05) is 4.90 Å². The second-order valence-electron chi connectivity index (χ2n) is 8.72. The van der Waals surface area contributed by atoms with E-state index >= 15 is 0 Å². The minimum atomic E-state index is -0.761.